The first-order valence-corrected chi connectivity index (χ1v) is 18.0. The summed E-state index contributed by atoms with van der Waals surface area (Å²) in [6.07, 6.45) is 3.28. The molecule has 0 unspecified atom stereocenters. The summed E-state index contributed by atoms with van der Waals surface area (Å²) in [7, 11) is -0.774. The lowest BCUT2D eigenvalue weighted by Gasteiger charge is -2.37. The Morgan fingerprint density at radius 2 is 1.92 bits per heavy atom. The Bertz CT molecular complexity index is 2120. The van der Waals surface area contributed by atoms with E-state index in [0.29, 0.717) is 49.3 Å². The molecule has 4 N–H and O–H groups in total. The lowest BCUT2D eigenvalue weighted by molar-refractivity contribution is -0.114. The van der Waals surface area contributed by atoms with Crippen LogP contribution < -0.4 is 16.0 Å². The number of fused-ring (bicyclic) bond motifs is 2. The van der Waals surface area contributed by atoms with Crippen LogP contribution in [0.5, 0.6) is 0 Å². The number of pyridine rings is 1. The van der Waals surface area contributed by atoms with Crippen LogP contribution >= 0.6 is 7.75 Å². The molecule has 0 bridgehead atoms. The van der Waals surface area contributed by atoms with Gasteiger partial charge in [0.1, 0.15) is 0 Å². The predicted octanol–water partition coefficient (Wildman–Crippen LogP) is 5.99. The van der Waals surface area contributed by atoms with E-state index in [4.69, 9.17) is 24.0 Å². The van der Waals surface area contributed by atoms with Gasteiger partial charge in [0.25, 0.3) is 5.91 Å². The Morgan fingerprint density at radius 3 is 2.65 bits per heavy atom. The summed E-state index contributed by atoms with van der Waals surface area (Å²) in [5.41, 5.74) is 4.64. The zero-order valence-electron chi connectivity index (χ0n) is 28.8. The first-order valence-electron chi connectivity index (χ1n) is 16.5. The maximum atomic E-state index is 13.3. The van der Waals surface area contributed by atoms with E-state index < -0.39 is 25.6 Å². The van der Waals surface area contributed by atoms with Crippen LogP contribution in [0, 0.1) is 5.92 Å². The molecular formula is C35H41FN9O5P. The van der Waals surface area contributed by atoms with Crippen LogP contribution in [0.3, 0.4) is 0 Å². The minimum atomic E-state index is -3.44. The molecule has 2 atom stereocenters. The minimum Gasteiger partial charge on any atom is -0.391 e. The number of aliphatic hydroxyl groups excluding tert-OH is 1. The van der Waals surface area contributed by atoms with Crippen molar-refractivity contribution in [3.63, 3.8) is 0 Å². The van der Waals surface area contributed by atoms with Crippen LogP contribution in [0.25, 0.3) is 27.7 Å². The van der Waals surface area contributed by atoms with Gasteiger partial charge in [-0.3, -0.25) is 18.8 Å². The number of halogens is 1. The van der Waals surface area contributed by atoms with E-state index in [1.54, 1.807) is 33.7 Å². The van der Waals surface area contributed by atoms with Crippen LogP contribution in [0.1, 0.15) is 37.3 Å². The quantitative estimate of drug-likeness (QED) is 0.0831. The summed E-state index contributed by atoms with van der Waals surface area (Å²) in [6, 6.07) is 15.0. The number of benzene rings is 2. The number of nitrogens with one attached hydrogen (secondary N) is 3. The second-order valence-electron chi connectivity index (χ2n) is 12.6. The Kier molecular flexibility index (Phi) is 10.7. The molecule has 6 rings (SSSR count). The lowest BCUT2D eigenvalue weighted by Crippen LogP contribution is -2.44. The summed E-state index contributed by atoms with van der Waals surface area (Å²) >= 11 is 0. The zero-order valence-corrected chi connectivity index (χ0v) is 29.7. The van der Waals surface area contributed by atoms with Crippen LogP contribution in [0.4, 0.5) is 22.0 Å². The van der Waals surface area contributed by atoms with Crippen molar-refractivity contribution in [2.24, 2.45) is 5.92 Å². The topological polar surface area (TPSA) is 168 Å². The first-order chi connectivity index (χ1) is 24.5. The highest BCUT2D eigenvalue weighted by Crippen LogP contribution is 2.51. The van der Waals surface area contributed by atoms with Crippen LogP contribution in [-0.4, -0.2) is 80.2 Å². The van der Waals surface area contributed by atoms with Gasteiger partial charge in [0.2, 0.25) is 11.9 Å². The molecule has 4 heterocycles. The van der Waals surface area contributed by atoms with Crippen molar-refractivity contribution in [2.45, 2.75) is 38.8 Å². The van der Waals surface area contributed by atoms with Crippen molar-refractivity contribution in [3.8, 4) is 11.3 Å². The minimum absolute atomic E-state index is 0.148. The molecule has 5 aromatic rings. The van der Waals surface area contributed by atoms with Gasteiger partial charge < -0.3 is 21.1 Å². The monoisotopic (exact) mass is 717 g/mol. The summed E-state index contributed by atoms with van der Waals surface area (Å²) in [4.78, 5) is 26.1. The number of β-amino-alcohol motifs (C(OH)–C–C–N with tert-alkyl or cyclic N) is 1. The van der Waals surface area contributed by atoms with Crippen LogP contribution in [0.15, 0.2) is 73.3 Å². The third-order valence-corrected chi connectivity index (χ3v) is 11.0. The van der Waals surface area contributed by atoms with E-state index in [1.807, 2.05) is 36.4 Å². The number of hydrogen-bond acceptors (Lipinski definition) is 11. The Balaban J connectivity index is 1.24. The fourth-order valence-electron chi connectivity index (χ4n) is 6.20. The SMILES string of the molecule is C=C(F)C(=O)Nc1ccc2c(-c3ccccc3CNc3nc(NC[C@H]4CCN(P(=O)(OC)OC)C[C@@H]4O)nc4c(C(C)C)cnn34)nccc2c1. The highest BCUT2D eigenvalue weighted by molar-refractivity contribution is 7.51. The lowest BCUT2D eigenvalue weighted by atomic mass is 9.95. The standard InChI is InChI=1S/C35H41FN9O5P/c1-21(2)29-19-40-45-32(29)42-34(38-18-25-13-15-44(20-30(25)46)51(48,49-4)50-5)43-35(45)39-17-24-8-6-7-9-27(24)31-28-11-10-26(41-33(47)22(3)36)16-23(28)12-14-37-31/h6-12,14,16,19,21,25,30,46H,3,13,15,17-18,20H2,1-2,4-5H3,(H,41,47)(H2,38,39,42,43)/t25-,30+/m1/s1. The number of aromatic nitrogens is 5. The molecule has 1 aliphatic heterocycles. The van der Waals surface area contributed by atoms with Crippen molar-refractivity contribution < 1.29 is 27.9 Å². The average molecular weight is 718 g/mol. The number of hydrogen-bond donors (Lipinski definition) is 4. The Hall–Kier alpha value is -4.79. The van der Waals surface area contributed by atoms with Crippen LogP contribution in [0.2, 0.25) is 0 Å². The number of amides is 1. The second-order valence-corrected chi connectivity index (χ2v) is 14.8. The Morgan fingerprint density at radius 1 is 1.14 bits per heavy atom. The van der Waals surface area contributed by atoms with Gasteiger partial charge in [0, 0.05) is 74.7 Å². The van der Waals surface area contributed by atoms with Gasteiger partial charge in [-0.1, -0.05) is 50.8 Å². The summed E-state index contributed by atoms with van der Waals surface area (Å²) in [6.45, 7) is 8.56. The average Bonchev–Trinajstić information content (AvgIpc) is 3.57. The number of piperidine rings is 1. The fraction of sp³-hybridized carbons (Fsp3) is 0.343. The fourth-order valence-corrected chi connectivity index (χ4v) is 7.53. The van der Waals surface area contributed by atoms with Crippen LogP contribution in [-0.2, 0) is 25.0 Å². The molecule has 0 saturated carbocycles. The van der Waals surface area contributed by atoms with Gasteiger partial charge in [-0.15, -0.1) is 0 Å². The number of aliphatic hydroxyl groups is 1. The largest absolute Gasteiger partial charge is 0.407 e. The summed E-state index contributed by atoms with van der Waals surface area (Å²) < 4.78 is 39.6. The Labute approximate surface area is 294 Å². The number of nitrogens with zero attached hydrogens (tertiary/aromatic N) is 6. The summed E-state index contributed by atoms with van der Waals surface area (Å²) in [5, 5.41) is 26.5. The van der Waals surface area contributed by atoms with Gasteiger partial charge in [0.05, 0.1) is 18.0 Å². The molecule has 0 radical (unpaired) electrons. The molecule has 0 aliphatic carbocycles. The molecule has 51 heavy (non-hydrogen) atoms. The zero-order chi connectivity index (χ0) is 36.3. The molecule has 16 heteroatoms. The molecule has 2 aromatic carbocycles. The highest BCUT2D eigenvalue weighted by Gasteiger charge is 2.38. The van der Waals surface area contributed by atoms with E-state index in [0.717, 1.165) is 33.2 Å². The molecule has 1 aliphatic rings. The molecule has 0 spiro atoms. The molecule has 268 valence electrons. The number of carbonyl (C=O) groups is 1. The van der Waals surface area contributed by atoms with E-state index in [-0.39, 0.29) is 18.4 Å². The smallest absolute Gasteiger partial charge is 0.391 e. The van der Waals surface area contributed by atoms with Crippen molar-refractivity contribution in [1.29, 1.82) is 0 Å². The van der Waals surface area contributed by atoms with Crippen molar-refractivity contribution in [2.75, 3.05) is 49.8 Å². The molecule has 1 fully saturated rings. The highest BCUT2D eigenvalue weighted by atomic mass is 31.2. The second kappa shape index (κ2) is 15.2. The maximum absolute atomic E-state index is 13.3. The van der Waals surface area contributed by atoms with E-state index in [9.17, 15) is 18.9 Å². The maximum Gasteiger partial charge on any atom is 0.407 e. The molecule has 3 aromatic heterocycles. The summed E-state index contributed by atoms with van der Waals surface area (Å²) in [5.74, 6) is -1.10. The van der Waals surface area contributed by atoms with Crippen molar-refractivity contribution >= 4 is 47.7 Å². The van der Waals surface area contributed by atoms with E-state index >= 15 is 0 Å². The van der Waals surface area contributed by atoms with Gasteiger partial charge in [0.15, 0.2) is 11.5 Å². The first kappa shape index (κ1) is 36.0. The third kappa shape index (κ3) is 7.63. The van der Waals surface area contributed by atoms with Gasteiger partial charge in [-0.2, -0.15) is 19.6 Å². The van der Waals surface area contributed by atoms with Crippen molar-refractivity contribution in [3.05, 3.63) is 84.5 Å². The molecular weight excluding hydrogens is 676 g/mol. The normalized spacial score (nSPS) is 16.8. The van der Waals surface area contributed by atoms with Gasteiger partial charge in [-0.25, -0.2) is 13.6 Å². The number of carbonyl (C=O) groups excluding carboxylic acids is 1. The van der Waals surface area contributed by atoms with E-state index in [2.05, 4.69) is 41.5 Å². The number of anilines is 3. The van der Waals surface area contributed by atoms with Gasteiger partial charge in [-0.05, 0) is 41.5 Å². The van der Waals surface area contributed by atoms with Gasteiger partial charge >= 0.3 is 7.75 Å². The van der Waals surface area contributed by atoms with Crippen molar-refractivity contribution in [1.82, 2.24) is 29.2 Å². The van der Waals surface area contributed by atoms with E-state index in [1.165, 1.54) is 14.2 Å². The third-order valence-electron chi connectivity index (χ3n) is 9.03. The number of rotatable bonds is 13. The molecule has 14 nitrogen and oxygen atoms in total. The molecule has 1 saturated heterocycles. The molecule has 1 amide bonds. The predicted molar refractivity (Wildman–Crippen MR) is 194 cm³/mol.